The van der Waals surface area contributed by atoms with Crippen LogP contribution in [-0.2, 0) is 11.3 Å². The van der Waals surface area contributed by atoms with E-state index in [-0.39, 0.29) is 35.8 Å². The van der Waals surface area contributed by atoms with Gasteiger partial charge in [-0.15, -0.1) is 24.0 Å². The molecule has 6 nitrogen and oxygen atoms in total. The molecule has 150 valence electrons. The van der Waals surface area contributed by atoms with Gasteiger partial charge in [-0.05, 0) is 49.1 Å². The number of guanidine groups is 1. The molecule has 0 aliphatic carbocycles. The van der Waals surface area contributed by atoms with Crippen molar-refractivity contribution in [3.05, 3.63) is 54.1 Å². The Kier molecular flexibility index (Phi) is 7.06. The van der Waals surface area contributed by atoms with Crippen LogP contribution < -0.4 is 15.4 Å². The lowest BCUT2D eigenvalue weighted by atomic mass is 9.96. The maximum Gasteiger partial charge on any atom is 0.191 e. The maximum atomic E-state index is 14.3. The number of hydrogen-bond donors (Lipinski definition) is 2. The summed E-state index contributed by atoms with van der Waals surface area (Å²) in [4.78, 5) is 8.22. The van der Waals surface area contributed by atoms with E-state index in [1.165, 1.54) is 6.07 Å². The third-order valence-corrected chi connectivity index (χ3v) is 4.97. The lowest BCUT2D eigenvalue weighted by Crippen LogP contribution is -2.47. The fraction of sp³-hybridized carbons (Fsp3) is 0.400. The van der Waals surface area contributed by atoms with Gasteiger partial charge in [0.05, 0.1) is 24.4 Å². The van der Waals surface area contributed by atoms with E-state index < -0.39 is 5.82 Å². The van der Waals surface area contributed by atoms with Gasteiger partial charge in [0.2, 0.25) is 0 Å². The first-order chi connectivity index (χ1) is 13.2. The van der Waals surface area contributed by atoms with Gasteiger partial charge in [-0.2, -0.15) is 0 Å². The Morgan fingerprint density at radius 2 is 2.25 bits per heavy atom. The second-order valence-electron chi connectivity index (χ2n) is 6.84. The zero-order valence-electron chi connectivity index (χ0n) is 15.6. The Labute approximate surface area is 181 Å². The molecule has 2 aromatic rings. The number of hydrogen-bond acceptors (Lipinski definition) is 4. The molecule has 0 radical (unpaired) electrons. The summed E-state index contributed by atoms with van der Waals surface area (Å²) in [5, 5.41) is 6.65. The van der Waals surface area contributed by atoms with E-state index >= 15 is 0 Å². The first-order valence-corrected chi connectivity index (χ1v) is 9.20. The van der Waals surface area contributed by atoms with Gasteiger partial charge in [0.25, 0.3) is 0 Å². The Morgan fingerprint density at radius 3 is 2.89 bits per heavy atom. The molecular formula is C20H24FIN4O2. The molecular weight excluding hydrogens is 474 g/mol. The maximum absolute atomic E-state index is 14.3. The summed E-state index contributed by atoms with van der Waals surface area (Å²) in [6.45, 7) is 0.464. The molecule has 0 spiro atoms. The van der Waals surface area contributed by atoms with E-state index in [0.717, 1.165) is 24.8 Å². The normalized spacial score (nSPS) is 23.2. The van der Waals surface area contributed by atoms with Crippen LogP contribution in [0.3, 0.4) is 0 Å². The van der Waals surface area contributed by atoms with E-state index in [1.54, 1.807) is 37.6 Å². The number of aromatic nitrogens is 1. The molecule has 3 unspecified atom stereocenters. The van der Waals surface area contributed by atoms with Gasteiger partial charge in [0.1, 0.15) is 5.75 Å². The Bertz CT molecular complexity index is 821. The Hall–Kier alpha value is -1.94. The van der Waals surface area contributed by atoms with E-state index in [1.807, 2.05) is 6.07 Å². The van der Waals surface area contributed by atoms with Crippen LogP contribution >= 0.6 is 24.0 Å². The summed E-state index contributed by atoms with van der Waals surface area (Å²) < 4.78 is 25.7. The van der Waals surface area contributed by atoms with Crippen molar-refractivity contribution in [3.8, 4) is 11.5 Å². The lowest BCUT2D eigenvalue weighted by molar-refractivity contribution is 0.0992. The molecule has 8 heteroatoms. The van der Waals surface area contributed by atoms with E-state index in [0.29, 0.717) is 30.4 Å². The largest absolute Gasteiger partial charge is 0.453 e. The van der Waals surface area contributed by atoms with Crippen LogP contribution in [0.1, 0.15) is 24.8 Å². The van der Waals surface area contributed by atoms with Crippen molar-refractivity contribution in [1.29, 1.82) is 0 Å². The van der Waals surface area contributed by atoms with Crippen molar-refractivity contribution in [1.82, 2.24) is 15.6 Å². The van der Waals surface area contributed by atoms with E-state index in [2.05, 4.69) is 20.6 Å². The van der Waals surface area contributed by atoms with Gasteiger partial charge in [-0.25, -0.2) is 4.39 Å². The van der Waals surface area contributed by atoms with Crippen molar-refractivity contribution in [2.45, 2.75) is 44.1 Å². The van der Waals surface area contributed by atoms with Crippen LogP contribution in [0.5, 0.6) is 11.5 Å². The van der Waals surface area contributed by atoms with Crippen molar-refractivity contribution in [2.24, 2.45) is 4.99 Å². The smallest absolute Gasteiger partial charge is 0.191 e. The topological polar surface area (TPSA) is 67.8 Å². The highest BCUT2D eigenvalue weighted by atomic mass is 127. The number of rotatable bonds is 5. The molecule has 2 aliphatic heterocycles. The van der Waals surface area contributed by atoms with Gasteiger partial charge in [0.15, 0.2) is 17.5 Å². The third-order valence-electron chi connectivity index (χ3n) is 4.97. The summed E-state index contributed by atoms with van der Waals surface area (Å²) in [6.07, 6.45) is 7.11. The number of aliphatic imine (C=N–C) groups is 1. The Balaban J connectivity index is 0.00000225. The Morgan fingerprint density at radius 1 is 1.36 bits per heavy atom. The molecule has 2 saturated heterocycles. The van der Waals surface area contributed by atoms with Crippen LogP contribution in [0.4, 0.5) is 4.39 Å². The van der Waals surface area contributed by atoms with Crippen LogP contribution in [0.15, 0.2) is 47.7 Å². The van der Waals surface area contributed by atoms with Crippen molar-refractivity contribution < 1.29 is 13.9 Å². The second kappa shape index (κ2) is 9.51. The molecule has 0 saturated carbocycles. The summed E-state index contributed by atoms with van der Waals surface area (Å²) in [6, 6.07) is 8.69. The summed E-state index contributed by atoms with van der Waals surface area (Å²) in [7, 11) is 1.73. The molecule has 3 atom stereocenters. The molecule has 2 bridgehead atoms. The number of pyridine rings is 1. The van der Waals surface area contributed by atoms with Crippen LogP contribution in [0, 0.1) is 5.82 Å². The highest BCUT2D eigenvalue weighted by Gasteiger charge is 2.41. The van der Waals surface area contributed by atoms with Crippen LogP contribution in [-0.4, -0.2) is 36.2 Å². The molecule has 28 heavy (non-hydrogen) atoms. The molecule has 0 amide bonds. The zero-order chi connectivity index (χ0) is 18.6. The quantitative estimate of drug-likeness (QED) is 0.375. The molecule has 3 heterocycles. The van der Waals surface area contributed by atoms with Crippen LogP contribution in [0.2, 0.25) is 0 Å². The van der Waals surface area contributed by atoms with Gasteiger partial charge in [-0.3, -0.25) is 9.98 Å². The molecule has 1 aromatic carbocycles. The van der Waals surface area contributed by atoms with E-state index in [4.69, 9.17) is 9.47 Å². The third kappa shape index (κ3) is 4.91. The number of benzene rings is 1. The number of ether oxygens (including phenoxy) is 2. The standard InChI is InChI=1S/C20H23FN4O2.HI/c1-22-20(25-17-10-14-5-7-19(17)26-14)24-11-13-4-6-18(16(21)9-13)27-15-3-2-8-23-12-15;/h2-4,6,8-9,12,14,17,19H,5,7,10-11H2,1H3,(H2,22,24,25);1H. The molecule has 2 fully saturated rings. The van der Waals surface area contributed by atoms with Gasteiger partial charge in [0, 0.05) is 19.8 Å². The molecule has 2 N–H and O–H groups in total. The predicted octanol–water partition coefficient (Wildman–Crippen LogP) is 3.62. The number of nitrogens with one attached hydrogen (secondary N) is 2. The molecule has 2 aliphatic rings. The summed E-state index contributed by atoms with van der Waals surface area (Å²) in [5.41, 5.74) is 0.804. The zero-order valence-corrected chi connectivity index (χ0v) is 17.9. The van der Waals surface area contributed by atoms with Crippen molar-refractivity contribution >= 4 is 29.9 Å². The first kappa shape index (κ1) is 20.8. The lowest BCUT2D eigenvalue weighted by Gasteiger charge is -2.22. The summed E-state index contributed by atoms with van der Waals surface area (Å²) >= 11 is 0. The van der Waals surface area contributed by atoms with E-state index in [9.17, 15) is 4.39 Å². The number of nitrogens with zero attached hydrogens (tertiary/aromatic N) is 2. The van der Waals surface area contributed by atoms with Gasteiger partial charge < -0.3 is 20.1 Å². The molecule has 1 aromatic heterocycles. The van der Waals surface area contributed by atoms with Gasteiger partial charge >= 0.3 is 0 Å². The minimum Gasteiger partial charge on any atom is -0.453 e. The average molecular weight is 498 g/mol. The average Bonchev–Trinajstić information content (AvgIpc) is 3.31. The van der Waals surface area contributed by atoms with Crippen molar-refractivity contribution in [2.75, 3.05) is 7.05 Å². The minimum absolute atomic E-state index is 0. The van der Waals surface area contributed by atoms with Crippen LogP contribution in [0.25, 0.3) is 0 Å². The number of fused-ring (bicyclic) bond motifs is 2. The van der Waals surface area contributed by atoms with Gasteiger partial charge in [-0.1, -0.05) is 6.07 Å². The highest BCUT2D eigenvalue weighted by Crippen LogP contribution is 2.34. The minimum atomic E-state index is -0.414. The summed E-state index contributed by atoms with van der Waals surface area (Å²) in [5.74, 6) is 0.961. The number of halogens is 2. The SMILES string of the molecule is CN=C(NCc1ccc(Oc2cccnc2)c(F)c1)NC1CC2CCC1O2.I. The fourth-order valence-corrected chi connectivity index (χ4v) is 3.62. The molecule has 4 rings (SSSR count). The second-order valence-corrected chi connectivity index (χ2v) is 6.84. The highest BCUT2D eigenvalue weighted by molar-refractivity contribution is 14.0. The van der Waals surface area contributed by atoms with Crippen molar-refractivity contribution in [3.63, 3.8) is 0 Å². The first-order valence-electron chi connectivity index (χ1n) is 9.20. The predicted molar refractivity (Wildman–Crippen MR) is 116 cm³/mol. The monoisotopic (exact) mass is 498 g/mol. The fourth-order valence-electron chi connectivity index (χ4n) is 3.62.